The van der Waals surface area contributed by atoms with Crippen LogP contribution in [0.2, 0.25) is 13.1 Å². The molecule has 0 aromatic carbocycles. The zero-order valence-electron chi connectivity index (χ0n) is 11.4. The van der Waals surface area contributed by atoms with Gasteiger partial charge in [-0.3, -0.25) is 4.79 Å². The Hall–Kier alpha value is -0.393. The molecule has 0 amide bonds. The third-order valence-electron chi connectivity index (χ3n) is 2.53. The molecule has 0 spiro atoms. The van der Waals surface area contributed by atoms with E-state index in [1.807, 2.05) is 0 Å². The second kappa shape index (κ2) is 5.79. The first-order valence-electron chi connectivity index (χ1n) is 5.67. The van der Waals surface area contributed by atoms with Gasteiger partial charge in [0.2, 0.25) is 0 Å². The lowest BCUT2D eigenvalue weighted by Gasteiger charge is -2.44. The Balaban J connectivity index is 5.20. The summed E-state index contributed by atoms with van der Waals surface area (Å²) in [6.07, 6.45) is -0.721. The fourth-order valence-electron chi connectivity index (χ4n) is 2.18. The van der Waals surface area contributed by atoms with Gasteiger partial charge < -0.3 is 14.4 Å². The summed E-state index contributed by atoms with van der Waals surface area (Å²) >= 11 is 0. The Morgan fingerprint density at radius 3 is 2.00 bits per heavy atom. The van der Waals surface area contributed by atoms with E-state index in [4.69, 9.17) is 4.74 Å². The molecule has 0 aliphatic heterocycles. The molecule has 4 nitrogen and oxygen atoms in total. The average Bonchev–Trinajstić information content (AvgIpc) is 2.09. The van der Waals surface area contributed by atoms with Crippen molar-refractivity contribution in [1.29, 1.82) is 0 Å². The number of aliphatic hydroxyl groups is 1. The summed E-state index contributed by atoms with van der Waals surface area (Å²) in [6, 6.07) is -0.559. The minimum Gasteiger partial charge on any atom is -0.468 e. The van der Waals surface area contributed by atoms with Crippen LogP contribution < -0.4 is 0 Å². The van der Waals surface area contributed by atoms with Gasteiger partial charge in [-0.05, 0) is 27.7 Å². The lowest BCUT2D eigenvalue weighted by atomic mass is 10.0. The van der Waals surface area contributed by atoms with Crippen molar-refractivity contribution in [2.24, 2.45) is 0 Å². The van der Waals surface area contributed by atoms with Crippen molar-refractivity contribution < 1.29 is 14.6 Å². The van der Waals surface area contributed by atoms with Crippen LogP contribution in [0, 0.1) is 0 Å². The number of carbonyl (C=O) groups is 1. The molecule has 0 heterocycles. The van der Waals surface area contributed by atoms with E-state index in [0.717, 1.165) is 0 Å². The van der Waals surface area contributed by atoms with Crippen molar-refractivity contribution in [3.05, 3.63) is 0 Å². The Bertz CT molecular complexity index is 236. The van der Waals surface area contributed by atoms with Crippen molar-refractivity contribution in [3.8, 4) is 0 Å². The normalized spacial score (nSPS) is 16.4. The number of carbonyl (C=O) groups excluding carboxylic acids is 1. The van der Waals surface area contributed by atoms with Crippen molar-refractivity contribution in [2.45, 2.75) is 58.5 Å². The van der Waals surface area contributed by atoms with Crippen LogP contribution in [0.3, 0.4) is 0 Å². The highest BCUT2D eigenvalue weighted by Gasteiger charge is 2.38. The molecule has 0 rings (SSSR count). The second-order valence-electron chi connectivity index (χ2n) is 5.38. The van der Waals surface area contributed by atoms with Gasteiger partial charge in [-0.25, -0.2) is 0 Å². The first-order valence-corrected chi connectivity index (χ1v) is 8.49. The van der Waals surface area contributed by atoms with Crippen LogP contribution in [0.15, 0.2) is 0 Å². The van der Waals surface area contributed by atoms with Gasteiger partial charge in [-0.2, -0.15) is 0 Å². The molecule has 0 bridgehead atoms. The summed E-state index contributed by atoms with van der Waals surface area (Å²) in [6.45, 7) is 12.1. The molecule has 2 unspecified atom stereocenters. The molecule has 1 N–H and O–H groups in total. The third kappa shape index (κ3) is 3.88. The van der Waals surface area contributed by atoms with Gasteiger partial charge in [0.1, 0.15) is 15.0 Å². The van der Waals surface area contributed by atoms with E-state index in [-0.39, 0.29) is 11.5 Å². The first-order chi connectivity index (χ1) is 7.12. The number of hydrogen-bond acceptors (Lipinski definition) is 4. The molecular formula is C11H25NO3Si. The minimum absolute atomic E-state index is 0.143. The lowest BCUT2D eigenvalue weighted by molar-refractivity contribution is -0.150. The summed E-state index contributed by atoms with van der Waals surface area (Å²) in [4.78, 5) is 11.7. The van der Waals surface area contributed by atoms with Crippen LogP contribution in [0.4, 0.5) is 0 Å². The highest BCUT2D eigenvalue weighted by molar-refractivity contribution is 6.53. The fraction of sp³-hybridized carbons (Fsp3) is 0.909. The number of esters is 1. The molecule has 0 aromatic rings. The van der Waals surface area contributed by atoms with Gasteiger partial charge in [0.15, 0.2) is 0 Å². The van der Waals surface area contributed by atoms with Crippen molar-refractivity contribution in [3.63, 3.8) is 0 Å². The maximum Gasteiger partial charge on any atom is 0.325 e. The number of rotatable bonds is 4. The van der Waals surface area contributed by atoms with E-state index < -0.39 is 21.1 Å². The molecule has 0 aromatic heterocycles. The maximum absolute atomic E-state index is 11.7. The SMILES string of the molecule is COC(=O)C(C(C)O)N([SiH](C)C)C(C)(C)C. The average molecular weight is 247 g/mol. The predicted octanol–water partition coefficient (Wildman–Crippen LogP) is 0.993. The van der Waals surface area contributed by atoms with Crippen LogP contribution in [-0.4, -0.2) is 49.4 Å². The van der Waals surface area contributed by atoms with E-state index >= 15 is 0 Å². The van der Waals surface area contributed by atoms with Crippen LogP contribution >= 0.6 is 0 Å². The van der Waals surface area contributed by atoms with Gasteiger partial charge in [0, 0.05) is 5.54 Å². The van der Waals surface area contributed by atoms with Gasteiger partial charge in [0.05, 0.1) is 13.2 Å². The largest absolute Gasteiger partial charge is 0.468 e. The summed E-state index contributed by atoms with van der Waals surface area (Å²) in [7, 11) is 0.140. The molecule has 0 aliphatic rings. The van der Waals surface area contributed by atoms with Gasteiger partial charge in [0.25, 0.3) is 0 Å². The monoisotopic (exact) mass is 247 g/mol. The zero-order chi connectivity index (χ0) is 13.1. The van der Waals surface area contributed by atoms with Gasteiger partial charge in [-0.15, -0.1) is 0 Å². The molecule has 0 aliphatic carbocycles. The Kier molecular flexibility index (Phi) is 5.65. The molecule has 5 heteroatoms. The highest BCUT2D eigenvalue weighted by Crippen LogP contribution is 2.21. The third-order valence-corrected chi connectivity index (χ3v) is 4.74. The Morgan fingerprint density at radius 2 is 1.81 bits per heavy atom. The smallest absolute Gasteiger partial charge is 0.325 e. The number of methoxy groups -OCH3 is 1. The molecule has 0 saturated carbocycles. The van der Waals surface area contributed by atoms with E-state index in [1.165, 1.54) is 7.11 Å². The predicted molar refractivity (Wildman–Crippen MR) is 68.0 cm³/mol. The summed E-state index contributed by atoms with van der Waals surface area (Å²) < 4.78 is 6.90. The molecule has 0 saturated heterocycles. The molecule has 16 heavy (non-hydrogen) atoms. The Labute approximate surface area is 100 Å². The first kappa shape index (κ1) is 15.6. The number of aliphatic hydroxyl groups excluding tert-OH is 1. The van der Waals surface area contributed by atoms with E-state index in [0.29, 0.717) is 0 Å². The Morgan fingerprint density at radius 1 is 1.38 bits per heavy atom. The highest BCUT2D eigenvalue weighted by atomic mass is 28.3. The summed E-state index contributed by atoms with van der Waals surface area (Å²) in [5.41, 5.74) is -0.143. The van der Waals surface area contributed by atoms with Crippen LogP contribution in [0.25, 0.3) is 0 Å². The standard InChI is InChI=1S/C11H25NO3Si/c1-8(13)9(10(14)15-5)12(16(6)7)11(2,3)4/h8-9,13,16H,1-7H3. The topological polar surface area (TPSA) is 49.8 Å². The lowest BCUT2D eigenvalue weighted by Crippen LogP contribution is -2.60. The second-order valence-corrected chi connectivity index (χ2v) is 8.12. The van der Waals surface area contributed by atoms with E-state index in [1.54, 1.807) is 6.92 Å². The molecular weight excluding hydrogens is 222 g/mol. The van der Waals surface area contributed by atoms with Gasteiger partial charge >= 0.3 is 5.97 Å². The van der Waals surface area contributed by atoms with Gasteiger partial charge in [-0.1, -0.05) is 13.1 Å². The van der Waals surface area contributed by atoms with Crippen molar-refractivity contribution in [1.82, 2.24) is 4.57 Å². The maximum atomic E-state index is 11.7. The zero-order valence-corrected chi connectivity index (χ0v) is 12.6. The molecule has 96 valence electrons. The summed E-state index contributed by atoms with van der Waals surface area (Å²) in [5.74, 6) is -0.355. The number of hydrogen-bond donors (Lipinski definition) is 1. The molecule has 2 atom stereocenters. The minimum atomic E-state index is -1.22. The number of ether oxygens (including phenoxy) is 1. The van der Waals surface area contributed by atoms with E-state index in [2.05, 4.69) is 38.4 Å². The van der Waals surface area contributed by atoms with Crippen LogP contribution in [0.1, 0.15) is 27.7 Å². The van der Waals surface area contributed by atoms with E-state index in [9.17, 15) is 9.90 Å². The van der Waals surface area contributed by atoms with Crippen molar-refractivity contribution in [2.75, 3.05) is 7.11 Å². The molecule has 0 fully saturated rings. The van der Waals surface area contributed by atoms with Crippen molar-refractivity contribution >= 4 is 14.9 Å². The fourth-order valence-corrected chi connectivity index (χ4v) is 4.74. The quantitative estimate of drug-likeness (QED) is 0.594. The van der Waals surface area contributed by atoms with Crippen LogP contribution in [-0.2, 0) is 9.53 Å². The number of nitrogens with zero attached hydrogens (tertiary/aromatic N) is 1. The van der Waals surface area contributed by atoms with Crippen LogP contribution in [0.5, 0.6) is 0 Å². The summed E-state index contributed by atoms with van der Waals surface area (Å²) in [5, 5.41) is 9.78. The molecule has 0 radical (unpaired) electrons.